The molecular weight excluding hydrogens is 236 g/mol. The first-order chi connectivity index (χ1) is 8.04. The van der Waals surface area contributed by atoms with Gasteiger partial charge in [-0.15, -0.1) is 5.92 Å². The Balaban J connectivity index is 2.72. The topological polar surface area (TPSA) is 80.0 Å². The largest absolute Gasteiger partial charge is 0.382 e. The van der Waals surface area contributed by atoms with Crippen LogP contribution in [0.3, 0.4) is 0 Å². The van der Waals surface area contributed by atoms with Gasteiger partial charge in [-0.05, 0) is 20.8 Å². The van der Waals surface area contributed by atoms with Gasteiger partial charge in [-0.1, -0.05) is 17.3 Å². The van der Waals surface area contributed by atoms with E-state index in [0.29, 0.717) is 16.6 Å². The molecule has 0 aliphatic carbocycles. The summed E-state index contributed by atoms with van der Waals surface area (Å²) in [5.41, 5.74) is 5.68. The van der Waals surface area contributed by atoms with Crippen LogP contribution in [0.2, 0.25) is 0 Å². The molecule has 17 heavy (non-hydrogen) atoms. The molecule has 0 bridgehead atoms. The minimum Gasteiger partial charge on any atom is -0.382 e. The van der Waals surface area contributed by atoms with Gasteiger partial charge in [-0.25, -0.2) is 4.98 Å². The van der Waals surface area contributed by atoms with Gasteiger partial charge in [-0.2, -0.15) is 0 Å². The van der Waals surface area contributed by atoms with Crippen molar-refractivity contribution in [2.45, 2.75) is 26.8 Å². The van der Waals surface area contributed by atoms with Crippen LogP contribution in [-0.2, 0) is 0 Å². The van der Waals surface area contributed by atoms with Crippen molar-refractivity contribution in [1.29, 1.82) is 0 Å². The zero-order valence-corrected chi connectivity index (χ0v) is 10.9. The minimum atomic E-state index is -0.237. The van der Waals surface area contributed by atoms with E-state index in [1.54, 1.807) is 6.92 Å². The summed E-state index contributed by atoms with van der Waals surface area (Å²) in [5.74, 6) is 5.47. The van der Waals surface area contributed by atoms with Crippen LogP contribution in [0.4, 0.5) is 10.9 Å². The molecule has 1 amide bonds. The van der Waals surface area contributed by atoms with Crippen molar-refractivity contribution in [2.24, 2.45) is 0 Å². The number of nitrogens with zero attached hydrogens (tertiary/aromatic N) is 1. The lowest BCUT2D eigenvalue weighted by Gasteiger charge is -2.03. The highest BCUT2D eigenvalue weighted by Crippen LogP contribution is 2.25. The van der Waals surface area contributed by atoms with Gasteiger partial charge in [0.05, 0.1) is 6.54 Å². The number of aromatic nitrogens is 1. The molecule has 0 fully saturated rings. The van der Waals surface area contributed by atoms with Crippen molar-refractivity contribution in [2.75, 3.05) is 17.6 Å². The van der Waals surface area contributed by atoms with Crippen LogP contribution < -0.4 is 16.4 Å². The summed E-state index contributed by atoms with van der Waals surface area (Å²) >= 11 is 1.25. The first kappa shape index (κ1) is 13.3. The molecule has 1 aromatic rings. The van der Waals surface area contributed by atoms with Crippen LogP contribution in [0, 0.1) is 11.8 Å². The summed E-state index contributed by atoms with van der Waals surface area (Å²) in [6.07, 6.45) is 0. The molecule has 5 nitrogen and oxygen atoms in total. The van der Waals surface area contributed by atoms with E-state index in [9.17, 15) is 4.79 Å². The summed E-state index contributed by atoms with van der Waals surface area (Å²) in [6, 6.07) is 0.252. The molecule has 0 radical (unpaired) electrons. The summed E-state index contributed by atoms with van der Waals surface area (Å²) in [5, 5.41) is 6.42. The molecule has 0 aliphatic rings. The van der Waals surface area contributed by atoms with Crippen molar-refractivity contribution in [3.05, 3.63) is 4.88 Å². The Kier molecular flexibility index (Phi) is 4.79. The summed E-state index contributed by atoms with van der Waals surface area (Å²) < 4.78 is 0. The highest BCUT2D eigenvalue weighted by molar-refractivity contribution is 7.18. The van der Waals surface area contributed by atoms with E-state index in [4.69, 9.17) is 5.73 Å². The third kappa shape index (κ3) is 3.96. The van der Waals surface area contributed by atoms with Gasteiger partial charge in [0.1, 0.15) is 10.7 Å². The molecule has 1 aromatic heterocycles. The zero-order valence-electron chi connectivity index (χ0n) is 10.1. The fourth-order valence-corrected chi connectivity index (χ4v) is 2.04. The van der Waals surface area contributed by atoms with Crippen LogP contribution in [0.15, 0.2) is 0 Å². The van der Waals surface area contributed by atoms with Crippen molar-refractivity contribution < 1.29 is 4.79 Å². The molecule has 92 valence electrons. The van der Waals surface area contributed by atoms with E-state index in [2.05, 4.69) is 27.5 Å². The number of hydrogen-bond donors (Lipinski definition) is 3. The smallest absolute Gasteiger partial charge is 0.266 e. The lowest BCUT2D eigenvalue weighted by molar-refractivity contribution is 0.0963. The fraction of sp³-hybridized carbons (Fsp3) is 0.455. The second-order valence-corrected chi connectivity index (χ2v) is 4.64. The second-order valence-electron chi connectivity index (χ2n) is 3.64. The normalized spacial score (nSPS) is 9.65. The van der Waals surface area contributed by atoms with Crippen molar-refractivity contribution >= 4 is 28.2 Å². The van der Waals surface area contributed by atoms with Gasteiger partial charge in [0.25, 0.3) is 5.91 Å². The number of hydrogen-bond acceptors (Lipinski definition) is 5. The SMILES string of the molecule is CC#CCNC(=O)c1sc(NC(C)C)nc1N. The Morgan fingerprint density at radius 3 is 2.88 bits per heavy atom. The highest BCUT2D eigenvalue weighted by atomic mass is 32.1. The van der Waals surface area contributed by atoms with Crippen LogP contribution in [-0.4, -0.2) is 23.5 Å². The molecule has 0 unspecified atom stereocenters. The number of amides is 1. The number of nitrogens with two attached hydrogens (primary N) is 1. The van der Waals surface area contributed by atoms with E-state index < -0.39 is 0 Å². The van der Waals surface area contributed by atoms with Crippen molar-refractivity contribution in [1.82, 2.24) is 10.3 Å². The predicted molar refractivity (Wildman–Crippen MR) is 71.1 cm³/mol. The van der Waals surface area contributed by atoms with Gasteiger partial charge in [0.2, 0.25) is 0 Å². The Bertz CT molecular complexity index is 456. The van der Waals surface area contributed by atoms with Crippen molar-refractivity contribution in [3.63, 3.8) is 0 Å². The minimum absolute atomic E-state index is 0.237. The standard InChI is InChI=1S/C11H16N4OS/c1-4-5-6-13-10(16)8-9(12)15-11(17-8)14-7(2)3/h7H,6,12H2,1-3H3,(H,13,16)(H,14,15). The molecule has 0 aromatic carbocycles. The van der Waals surface area contributed by atoms with Crippen LogP contribution in [0.5, 0.6) is 0 Å². The quantitative estimate of drug-likeness (QED) is 0.706. The monoisotopic (exact) mass is 252 g/mol. The van der Waals surface area contributed by atoms with Crippen LogP contribution in [0.1, 0.15) is 30.4 Å². The Labute approximate surface area is 105 Å². The number of nitrogens with one attached hydrogen (secondary N) is 2. The van der Waals surface area contributed by atoms with Crippen LogP contribution in [0.25, 0.3) is 0 Å². The van der Waals surface area contributed by atoms with Crippen LogP contribution >= 0.6 is 11.3 Å². The van der Waals surface area contributed by atoms with E-state index in [1.807, 2.05) is 13.8 Å². The molecule has 0 saturated carbocycles. The number of anilines is 2. The average Bonchev–Trinajstić information content (AvgIpc) is 2.58. The number of nitrogen functional groups attached to an aromatic ring is 1. The maximum atomic E-state index is 11.7. The highest BCUT2D eigenvalue weighted by Gasteiger charge is 2.15. The second kappa shape index (κ2) is 6.11. The van der Waals surface area contributed by atoms with E-state index in [-0.39, 0.29) is 17.8 Å². The fourth-order valence-electron chi connectivity index (χ4n) is 1.10. The Morgan fingerprint density at radius 2 is 2.29 bits per heavy atom. The van der Waals surface area contributed by atoms with Crippen molar-refractivity contribution in [3.8, 4) is 11.8 Å². The molecule has 0 aliphatic heterocycles. The Hall–Kier alpha value is -1.74. The first-order valence-corrected chi connectivity index (χ1v) is 6.07. The lowest BCUT2D eigenvalue weighted by Crippen LogP contribution is -2.23. The molecular formula is C11H16N4OS. The third-order valence-electron chi connectivity index (χ3n) is 1.79. The number of thiazole rings is 1. The molecule has 0 atom stereocenters. The van der Waals surface area contributed by atoms with Gasteiger partial charge in [0.15, 0.2) is 5.13 Å². The number of rotatable bonds is 4. The van der Waals surface area contributed by atoms with Gasteiger partial charge >= 0.3 is 0 Å². The number of carbonyl (C=O) groups excluding carboxylic acids is 1. The Morgan fingerprint density at radius 1 is 1.59 bits per heavy atom. The van der Waals surface area contributed by atoms with Gasteiger partial charge < -0.3 is 16.4 Å². The molecule has 1 heterocycles. The maximum absolute atomic E-state index is 11.7. The summed E-state index contributed by atoms with van der Waals surface area (Å²) in [7, 11) is 0. The maximum Gasteiger partial charge on any atom is 0.266 e. The van der Waals surface area contributed by atoms with Gasteiger partial charge in [-0.3, -0.25) is 4.79 Å². The van der Waals surface area contributed by atoms with E-state index in [1.165, 1.54) is 11.3 Å². The average molecular weight is 252 g/mol. The van der Waals surface area contributed by atoms with E-state index in [0.717, 1.165) is 0 Å². The summed E-state index contributed by atoms with van der Waals surface area (Å²) in [6.45, 7) is 6.03. The first-order valence-electron chi connectivity index (χ1n) is 5.25. The number of carbonyl (C=O) groups is 1. The zero-order chi connectivity index (χ0) is 12.8. The third-order valence-corrected chi connectivity index (χ3v) is 2.79. The van der Waals surface area contributed by atoms with Gasteiger partial charge in [0, 0.05) is 6.04 Å². The molecule has 4 N–H and O–H groups in total. The molecule has 6 heteroatoms. The lowest BCUT2D eigenvalue weighted by atomic mass is 10.4. The van der Waals surface area contributed by atoms with E-state index >= 15 is 0 Å². The summed E-state index contributed by atoms with van der Waals surface area (Å²) in [4.78, 5) is 16.2. The molecule has 0 saturated heterocycles. The predicted octanol–water partition coefficient (Wildman–Crippen LogP) is 1.30. The molecule has 0 spiro atoms. The molecule has 1 rings (SSSR count).